The zero-order valence-electron chi connectivity index (χ0n) is 18.4. The average Bonchev–Trinajstić information content (AvgIpc) is 3.03. The van der Waals surface area contributed by atoms with Crippen LogP contribution in [-0.2, 0) is 42.2 Å². The normalized spacial score (nSPS) is 45.6. The number of hydrogen-bond acceptors (Lipinski definition) is 2. The molecule has 0 aromatic carbocycles. The van der Waals surface area contributed by atoms with Crippen molar-refractivity contribution in [2.75, 3.05) is 6.61 Å². The van der Waals surface area contributed by atoms with Crippen LogP contribution in [0.2, 0.25) is 0 Å². The first-order chi connectivity index (χ1) is 12.2. The molecule has 3 aliphatic rings. The van der Waals surface area contributed by atoms with Crippen LogP contribution in [-0.4, -0.2) is 12.6 Å². The fraction of sp³-hybridized carbons (Fsp3) is 0.833. The molecular formula is C24H39O2Y-. The predicted octanol–water partition coefficient (Wildman–Crippen LogP) is 6.36. The van der Waals surface area contributed by atoms with E-state index in [9.17, 15) is 4.79 Å². The molecule has 0 amide bonds. The number of cyclic esters (lactones) is 1. The standard InChI is InChI=1S/C24H39O2.Y/c1-7-22(4)14-12-20-23(5,8-2)17(3)11-15-24(20,6)19(22)10-9-18-13-16-26-21(18)25;/h9,13,17,19-20H,7-8,10-12,14-16H2,1-6H3;/q-1;/b18-9+;/t17-,19+,20?,22+,23-,24-;/m1./s1. The Bertz CT molecular complexity index is 585. The summed E-state index contributed by atoms with van der Waals surface area (Å²) in [7, 11) is 0. The van der Waals surface area contributed by atoms with Crippen LogP contribution >= 0.6 is 0 Å². The van der Waals surface area contributed by atoms with Crippen LogP contribution in [0.3, 0.4) is 0 Å². The number of esters is 1. The van der Waals surface area contributed by atoms with Gasteiger partial charge in [-0.2, -0.15) is 6.08 Å². The van der Waals surface area contributed by atoms with Crippen molar-refractivity contribution in [1.82, 2.24) is 0 Å². The number of hydrogen-bond donors (Lipinski definition) is 0. The summed E-state index contributed by atoms with van der Waals surface area (Å²) in [6.07, 6.45) is 13.1. The van der Waals surface area contributed by atoms with Crippen LogP contribution in [0.25, 0.3) is 0 Å². The van der Waals surface area contributed by atoms with Crippen molar-refractivity contribution >= 4 is 5.97 Å². The summed E-state index contributed by atoms with van der Waals surface area (Å²) in [6.45, 7) is 15.4. The van der Waals surface area contributed by atoms with Gasteiger partial charge in [0.2, 0.25) is 5.97 Å². The SMILES string of the molecule is CC[C@@]1(C)CCC2[C@](C)(CC)[C@H](C)CC[C@]2(C)[C@H]1C/C=C1\[CH-]COC1=O.[Y]. The van der Waals surface area contributed by atoms with E-state index in [2.05, 4.69) is 47.6 Å². The zero-order chi connectivity index (χ0) is 19.2. The van der Waals surface area contributed by atoms with Gasteiger partial charge >= 0.3 is 0 Å². The quantitative estimate of drug-likeness (QED) is 0.284. The number of ether oxygens (including phenoxy) is 1. The Hall–Kier alpha value is 0.184. The molecule has 0 bridgehead atoms. The van der Waals surface area contributed by atoms with Crippen molar-refractivity contribution in [3.63, 3.8) is 0 Å². The van der Waals surface area contributed by atoms with Gasteiger partial charge in [-0.25, -0.2) is 0 Å². The molecule has 0 aromatic rings. The van der Waals surface area contributed by atoms with Gasteiger partial charge < -0.3 is 9.53 Å². The molecular weight excluding hydrogens is 409 g/mol. The third-order valence-electron chi connectivity index (χ3n) is 9.37. The Balaban J connectivity index is 0.00000261. The first kappa shape index (κ1) is 23.5. The van der Waals surface area contributed by atoms with Gasteiger partial charge in [0.15, 0.2) is 0 Å². The fourth-order valence-corrected chi connectivity index (χ4v) is 7.01. The molecule has 0 N–H and O–H groups in total. The minimum absolute atomic E-state index is 0. The van der Waals surface area contributed by atoms with Gasteiger partial charge in [0.1, 0.15) is 0 Å². The molecule has 0 aromatic heterocycles. The molecule has 1 heterocycles. The summed E-state index contributed by atoms with van der Waals surface area (Å²) in [4.78, 5) is 11.9. The molecule has 27 heavy (non-hydrogen) atoms. The first-order valence-electron chi connectivity index (χ1n) is 10.9. The third-order valence-corrected chi connectivity index (χ3v) is 9.37. The van der Waals surface area contributed by atoms with Crippen LogP contribution in [0.4, 0.5) is 0 Å². The van der Waals surface area contributed by atoms with Crippen LogP contribution in [0.15, 0.2) is 11.6 Å². The van der Waals surface area contributed by atoms with Crippen LogP contribution in [0.1, 0.15) is 86.5 Å². The van der Waals surface area contributed by atoms with Gasteiger partial charge in [0.25, 0.3) is 0 Å². The number of allylic oxidation sites excluding steroid dienone is 1. The van der Waals surface area contributed by atoms with Crippen LogP contribution in [0, 0.1) is 40.4 Å². The van der Waals surface area contributed by atoms with Crippen molar-refractivity contribution in [2.24, 2.45) is 34.0 Å². The summed E-state index contributed by atoms with van der Waals surface area (Å²) in [5, 5.41) is 0. The molecule has 6 atom stereocenters. The van der Waals surface area contributed by atoms with E-state index in [0.29, 0.717) is 28.8 Å². The van der Waals surface area contributed by atoms with Crippen molar-refractivity contribution < 1.29 is 42.2 Å². The van der Waals surface area contributed by atoms with Gasteiger partial charge in [-0.15, -0.1) is 12.0 Å². The Labute approximate surface area is 192 Å². The number of rotatable bonds is 4. The maximum atomic E-state index is 11.9. The largest absolute Gasteiger partial charge is 0.528 e. The summed E-state index contributed by atoms with van der Waals surface area (Å²) < 4.78 is 5.12. The molecule has 1 aliphatic heterocycles. The summed E-state index contributed by atoms with van der Waals surface area (Å²) in [6, 6.07) is 0. The molecule has 1 saturated heterocycles. The number of carbonyl (C=O) groups excluding carboxylic acids is 1. The van der Waals surface area contributed by atoms with Gasteiger partial charge in [-0.1, -0.05) is 60.8 Å². The van der Waals surface area contributed by atoms with Crippen molar-refractivity contribution in [1.29, 1.82) is 0 Å². The van der Waals surface area contributed by atoms with Gasteiger partial charge in [0.05, 0.1) is 6.61 Å². The van der Waals surface area contributed by atoms with Crippen LogP contribution in [0.5, 0.6) is 0 Å². The first-order valence-corrected chi connectivity index (χ1v) is 10.9. The second-order valence-corrected chi connectivity index (χ2v) is 10.2. The number of carbonyl (C=O) groups is 1. The van der Waals surface area contributed by atoms with E-state index in [0.717, 1.165) is 23.8 Å². The van der Waals surface area contributed by atoms with E-state index in [-0.39, 0.29) is 38.7 Å². The van der Waals surface area contributed by atoms with Crippen molar-refractivity contribution in [3.8, 4) is 0 Å². The molecule has 2 aliphatic carbocycles. The maximum absolute atomic E-state index is 11.9. The van der Waals surface area contributed by atoms with Crippen molar-refractivity contribution in [3.05, 3.63) is 18.1 Å². The van der Waals surface area contributed by atoms with Gasteiger partial charge in [0, 0.05) is 32.7 Å². The molecule has 2 nitrogen and oxygen atoms in total. The molecule has 3 heteroatoms. The minimum Gasteiger partial charge on any atom is -0.528 e. The second-order valence-electron chi connectivity index (χ2n) is 10.2. The van der Waals surface area contributed by atoms with E-state index in [4.69, 9.17) is 4.74 Å². The molecule has 0 spiro atoms. The Morgan fingerprint density at radius 2 is 1.85 bits per heavy atom. The molecule has 1 radical (unpaired) electrons. The molecule has 3 fully saturated rings. The summed E-state index contributed by atoms with van der Waals surface area (Å²) in [5.74, 6) is 2.13. The Kier molecular flexibility index (Phi) is 7.39. The van der Waals surface area contributed by atoms with Gasteiger partial charge in [-0.3, -0.25) is 0 Å². The Morgan fingerprint density at radius 3 is 2.41 bits per heavy atom. The van der Waals surface area contributed by atoms with E-state index in [1.165, 1.54) is 38.5 Å². The second kappa shape index (κ2) is 8.51. The zero-order valence-corrected chi connectivity index (χ0v) is 21.3. The van der Waals surface area contributed by atoms with E-state index in [1.807, 2.05) is 6.42 Å². The molecule has 1 unspecified atom stereocenters. The number of fused-ring (bicyclic) bond motifs is 1. The molecule has 2 saturated carbocycles. The Morgan fingerprint density at radius 1 is 1.15 bits per heavy atom. The van der Waals surface area contributed by atoms with E-state index in [1.54, 1.807) is 0 Å². The minimum atomic E-state index is -0.128. The summed E-state index contributed by atoms with van der Waals surface area (Å²) in [5.41, 5.74) is 2.00. The fourth-order valence-electron chi connectivity index (χ4n) is 7.01. The van der Waals surface area contributed by atoms with Crippen molar-refractivity contribution in [2.45, 2.75) is 86.5 Å². The summed E-state index contributed by atoms with van der Waals surface area (Å²) >= 11 is 0. The monoisotopic (exact) mass is 448 g/mol. The average molecular weight is 448 g/mol. The topological polar surface area (TPSA) is 26.3 Å². The van der Waals surface area contributed by atoms with Gasteiger partial charge in [-0.05, 0) is 59.7 Å². The van der Waals surface area contributed by atoms with E-state index >= 15 is 0 Å². The van der Waals surface area contributed by atoms with E-state index < -0.39 is 0 Å². The maximum Gasteiger partial charge on any atom is 0.219 e. The smallest absolute Gasteiger partial charge is 0.219 e. The molecule has 3 rings (SSSR count). The van der Waals surface area contributed by atoms with Crippen LogP contribution < -0.4 is 0 Å². The molecule has 151 valence electrons. The third kappa shape index (κ3) is 3.84. The predicted molar refractivity (Wildman–Crippen MR) is 107 cm³/mol.